The van der Waals surface area contributed by atoms with Crippen LogP contribution in [0.25, 0.3) is 0 Å². The van der Waals surface area contributed by atoms with Crippen molar-refractivity contribution in [1.82, 2.24) is 0 Å². The SMILES string of the molecule is CCC(=CCOC(C)COC)C(=O)OC. The number of hydrogen-bond donors (Lipinski definition) is 0. The van der Waals surface area contributed by atoms with E-state index in [9.17, 15) is 4.79 Å². The van der Waals surface area contributed by atoms with E-state index < -0.39 is 0 Å². The molecular formula is C11H20O4. The van der Waals surface area contributed by atoms with Crippen molar-refractivity contribution in [2.45, 2.75) is 26.4 Å². The Bertz CT molecular complexity index is 211. The quantitative estimate of drug-likeness (QED) is 0.478. The lowest BCUT2D eigenvalue weighted by atomic mass is 10.2. The Kier molecular flexibility index (Phi) is 7.95. The van der Waals surface area contributed by atoms with Crippen molar-refractivity contribution in [3.8, 4) is 0 Å². The minimum atomic E-state index is -0.291. The van der Waals surface area contributed by atoms with Gasteiger partial charge in [0.15, 0.2) is 0 Å². The van der Waals surface area contributed by atoms with Crippen molar-refractivity contribution >= 4 is 5.97 Å². The summed E-state index contributed by atoms with van der Waals surface area (Å²) in [7, 11) is 3.00. The van der Waals surface area contributed by atoms with Crippen LogP contribution < -0.4 is 0 Å². The van der Waals surface area contributed by atoms with E-state index in [1.807, 2.05) is 13.8 Å². The van der Waals surface area contributed by atoms with Gasteiger partial charge in [0.25, 0.3) is 0 Å². The van der Waals surface area contributed by atoms with E-state index in [1.165, 1.54) is 7.11 Å². The lowest BCUT2D eigenvalue weighted by Gasteiger charge is -2.10. The zero-order chi connectivity index (χ0) is 11.7. The van der Waals surface area contributed by atoms with Crippen LogP contribution in [0, 0.1) is 0 Å². The Balaban J connectivity index is 3.96. The van der Waals surface area contributed by atoms with E-state index in [4.69, 9.17) is 9.47 Å². The van der Waals surface area contributed by atoms with Crippen LogP contribution in [0.3, 0.4) is 0 Å². The molecule has 0 heterocycles. The van der Waals surface area contributed by atoms with Crippen LogP contribution in [-0.4, -0.2) is 39.5 Å². The highest BCUT2D eigenvalue weighted by Crippen LogP contribution is 2.03. The highest BCUT2D eigenvalue weighted by Gasteiger charge is 2.06. The second-order valence-electron chi connectivity index (χ2n) is 3.17. The average Bonchev–Trinajstić information content (AvgIpc) is 2.24. The summed E-state index contributed by atoms with van der Waals surface area (Å²) in [6.07, 6.45) is 2.43. The maximum Gasteiger partial charge on any atom is 0.333 e. The number of esters is 1. The third kappa shape index (κ3) is 6.25. The first-order chi connectivity index (χ1) is 7.15. The van der Waals surface area contributed by atoms with E-state index in [2.05, 4.69) is 4.74 Å². The van der Waals surface area contributed by atoms with Gasteiger partial charge in [0.1, 0.15) is 0 Å². The van der Waals surface area contributed by atoms with Crippen molar-refractivity contribution in [2.75, 3.05) is 27.4 Å². The molecule has 1 unspecified atom stereocenters. The van der Waals surface area contributed by atoms with E-state index in [-0.39, 0.29) is 12.1 Å². The molecule has 1 atom stereocenters. The molecule has 0 spiro atoms. The Labute approximate surface area is 91.2 Å². The lowest BCUT2D eigenvalue weighted by Crippen LogP contribution is -2.15. The molecule has 0 aromatic rings. The predicted octanol–water partition coefficient (Wildman–Crippen LogP) is 1.55. The molecule has 4 nitrogen and oxygen atoms in total. The zero-order valence-corrected chi connectivity index (χ0v) is 9.91. The maximum absolute atomic E-state index is 11.2. The van der Waals surface area contributed by atoms with Gasteiger partial charge >= 0.3 is 5.97 Å². The van der Waals surface area contributed by atoms with E-state index in [1.54, 1.807) is 13.2 Å². The van der Waals surface area contributed by atoms with E-state index >= 15 is 0 Å². The third-order valence-electron chi connectivity index (χ3n) is 1.94. The predicted molar refractivity (Wildman–Crippen MR) is 57.7 cm³/mol. The summed E-state index contributed by atoms with van der Waals surface area (Å²) in [4.78, 5) is 11.2. The lowest BCUT2D eigenvalue weighted by molar-refractivity contribution is -0.136. The number of rotatable bonds is 7. The molecule has 0 aliphatic heterocycles. The van der Waals surface area contributed by atoms with Crippen molar-refractivity contribution in [1.29, 1.82) is 0 Å². The van der Waals surface area contributed by atoms with Gasteiger partial charge in [-0.25, -0.2) is 4.79 Å². The first-order valence-electron chi connectivity index (χ1n) is 5.03. The highest BCUT2D eigenvalue weighted by molar-refractivity contribution is 5.88. The second kappa shape index (κ2) is 8.44. The van der Waals surface area contributed by atoms with Gasteiger partial charge in [-0.1, -0.05) is 6.92 Å². The molecule has 0 fully saturated rings. The molecule has 0 aromatic heterocycles. The molecule has 15 heavy (non-hydrogen) atoms. The van der Waals surface area contributed by atoms with Gasteiger partial charge < -0.3 is 14.2 Å². The summed E-state index contributed by atoms with van der Waals surface area (Å²) in [5, 5.41) is 0. The first-order valence-corrected chi connectivity index (χ1v) is 5.03. The van der Waals surface area contributed by atoms with E-state index in [0.29, 0.717) is 25.2 Å². The number of carbonyl (C=O) groups is 1. The largest absolute Gasteiger partial charge is 0.466 e. The summed E-state index contributed by atoms with van der Waals surface area (Å²) in [5.41, 5.74) is 0.641. The maximum atomic E-state index is 11.2. The third-order valence-corrected chi connectivity index (χ3v) is 1.94. The Morgan fingerprint density at radius 2 is 2.07 bits per heavy atom. The number of carbonyl (C=O) groups excluding carboxylic acids is 1. The number of ether oxygens (including phenoxy) is 3. The molecule has 0 aliphatic rings. The molecule has 0 aliphatic carbocycles. The molecule has 0 bridgehead atoms. The molecule has 0 amide bonds. The van der Waals surface area contributed by atoms with Crippen LogP contribution >= 0.6 is 0 Å². The molecule has 0 saturated heterocycles. The molecule has 0 radical (unpaired) electrons. The van der Waals surface area contributed by atoms with Crippen molar-refractivity contribution in [2.24, 2.45) is 0 Å². The Hall–Kier alpha value is -0.870. The Morgan fingerprint density at radius 3 is 2.53 bits per heavy atom. The van der Waals surface area contributed by atoms with E-state index in [0.717, 1.165) is 0 Å². The average molecular weight is 216 g/mol. The van der Waals surface area contributed by atoms with Gasteiger partial charge in [-0.3, -0.25) is 0 Å². The van der Waals surface area contributed by atoms with Crippen LogP contribution in [0.15, 0.2) is 11.6 Å². The molecule has 0 rings (SSSR count). The van der Waals surface area contributed by atoms with Crippen LogP contribution in [0.4, 0.5) is 0 Å². The molecule has 0 aromatic carbocycles. The van der Waals surface area contributed by atoms with Crippen molar-refractivity contribution in [3.63, 3.8) is 0 Å². The smallest absolute Gasteiger partial charge is 0.333 e. The summed E-state index contributed by atoms with van der Waals surface area (Å²) in [6, 6.07) is 0. The van der Waals surface area contributed by atoms with Gasteiger partial charge in [0.2, 0.25) is 0 Å². The normalized spacial score (nSPS) is 13.7. The standard InChI is InChI=1S/C11H20O4/c1-5-10(11(12)14-4)6-7-15-9(2)8-13-3/h6,9H,5,7-8H2,1-4H3. The number of methoxy groups -OCH3 is 2. The van der Waals surface area contributed by atoms with Gasteiger partial charge in [-0.15, -0.1) is 0 Å². The fraction of sp³-hybridized carbons (Fsp3) is 0.727. The van der Waals surface area contributed by atoms with Crippen LogP contribution in [-0.2, 0) is 19.0 Å². The summed E-state index contributed by atoms with van der Waals surface area (Å²) in [5.74, 6) is -0.291. The molecule has 0 N–H and O–H groups in total. The van der Waals surface area contributed by atoms with Crippen LogP contribution in [0.2, 0.25) is 0 Å². The van der Waals surface area contributed by atoms with Gasteiger partial charge in [-0.2, -0.15) is 0 Å². The number of hydrogen-bond acceptors (Lipinski definition) is 4. The van der Waals surface area contributed by atoms with Gasteiger partial charge in [-0.05, 0) is 19.4 Å². The fourth-order valence-electron chi connectivity index (χ4n) is 1.10. The Morgan fingerprint density at radius 1 is 1.40 bits per heavy atom. The molecule has 88 valence electrons. The minimum absolute atomic E-state index is 0.0296. The summed E-state index contributed by atoms with van der Waals surface area (Å²) in [6.45, 7) is 4.78. The van der Waals surface area contributed by atoms with Crippen molar-refractivity contribution < 1.29 is 19.0 Å². The molecule has 4 heteroatoms. The molecule has 0 saturated carbocycles. The van der Waals surface area contributed by atoms with Gasteiger partial charge in [0.05, 0.1) is 26.4 Å². The van der Waals surface area contributed by atoms with Gasteiger partial charge in [0, 0.05) is 12.7 Å². The minimum Gasteiger partial charge on any atom is -0.466 e. The summed E-state index contributed by atoms with van der Waals surface area (Å²) >= 11 is 0. The van der Waals surface area contributed by atoms with Crippen LogP contribution in [0.5, 0.6) is 0 Å². The highest BCUT2D eigenvalue weighted by atomic mass is 16.5. The first kappa shape index (κ1) is 14.1. The fourth-order valence-corrected chi connectivity index (χ4v) is 1.10. The second-order valence-corrected chi connectivity index (χ2v) is 3.17. The van der Waals surface area contributed by atoms with Crippen LogP contribution in [0.1, 0.15) is 20.3 Å². The molecular weight excluding hydrogens is 196 g/mol. The topological polar surface area (TPSA) is 44.8 Å². The summed E-state index contributed by atoms with van der Waals surface area (Å²) < 4.78 is 14.9. The van der Waals surface area contributed by atoms with Crippen molar-refractivity contribution in [3.05, 3.63) is 11.6 Å². The monoisotopic (exact) mass is 216 g/mol. The zero-order valence-electron chi connectivity index (χ0n) is 9.91.